The number of nitro benzene ring substituents is 1. The van der Waals surface area contributed by atoms with Gasteiger partial charge in [-0.3, -0.25) is 10.1 Å². The molecule has 0 aliphatic rings. The first-order valence-electron chi connectivity index (χ1n) is 12.8. The molecule has 0 amide bonds. The van der Waals surface area contributed by atoms with E-state index in [9.17, 15) is 10.1 Å². The van der Waals surface area contributed by atoms with Crippen LogP contribution in [0.3, 0.4) is 0 Å². The third kappa shape index (κ3) is 12.1. The third-order valence-electron chi connectivity index (χ3n) is 6.36. The number of nitrogens with zero attached hydrogens (tertiary/aromatic N) is 2. The van der Waals surface area contributed by atoms with Crippen LogP contribution in [0, 0.1) is 10.1 Å². The summed E-state index contributed by atoms with van der Waals surface area (Å²) in [6.45, 7) is 9.62. The van der Waals surface area contributed by atoms with Gasteiger partial charge in [-0.25, -0.2) is 0 Å². The summed E-state index contributed by atoms with van der Waals surface area (Å²) < 4.78 is 0. The van der Waals surface area contributed by atoms with Gasteiger partial charge in [0.25, 0.3) is 5.69 Å². The Bertz CT molecular complexity index is 576. The quantitative estimate of drug-likeness (QED) is 0.129. The summed E-state index contributed by atoms with van der Waals surface area (Å²) in [6, 6.07) is 7.48. The van der Waals surface area contributed by atoms with Crippen LogP contribution in [0.2, 0.25) is 0 Å². The monoisotopic (exact) mass is 433 g/mol. The topological polar surface area (TPSA) is 58.4 Å². The van der Waals surface area contributed by atoms with Gasteiger partial charge in [0, 0.05) is 18.7 Å². The minimum Gasteiger partial charge on any atom is -0.379 e. The normalized spacial score (nSPS) is 12.3. The van der Waals surface area contributed by atoms with Crippen molar-refractivity contribution in [1.29, 1.82) is 0 Å². The molecule has 0 fully saturated rings. The molecule has 5 nitrogen and oxygen atoms in total. The molecule has 0 aliphatic carbocycles. The van der Waals surface area contributed by atoms with Crippen molar-refractivity contribution in [1.82, 2.24) is 4.90 Å². The Morgan fingerprint density at radius 3 is 1.94 bits per heavy atom. The summed E-state index contributed by atoms with van der Waals surface area (Å²) in [5.74, 6) is 0. The van der Waals surface area contributed by atoms with Crippen molar-refractivity contribution in [3.63, 3.8) is 0 Å². The molecular formula is C26H47N3O2. The second-order valence-corrected chi connectivity index (χ2v) is 8.69. The highest BCUT2D eigenvalue weighted by molar-refractivity contribution is 5.60. The summed E-state index contributed by atoms with van der Waals surface area (Å²) in [7, 11) is 0. The molecule has 1 aromatic rings. The Hall–Kier alpha value is -1.62. The zero-order valence-electron chi connectivity index (χ0n) is 20.4. The Morgan fingerprint density at radius 2 is 1.39 bits per heavy atom. The van der Waals surface area contributed by atoms with Crippen LogP contribution >= 0.6 is 0 Å². The van der Waals surface area contributed by atoms with Gasteiger partial charge in [-0.05, 0) is 32.0 Å². The van der Waals surface area contributed by atoms with E-state index in [1.807, 2.05) is 6.07 Å². The fraction of sp³-hybridized carbons (Fsp3) is 0.769. The molecule has 1 aromatic carbocycles. The van der Waals surface area contributed by atoms with Gasteiger partial charge in [-0.15, -0.1) is 0 Å². The van der Waals surface area contributed by atoms with Crippen LogP contribution < -0.4 is 5.32 Å². The molecule has 0 aromatic heterocycles. The van der Waals surface area contributed by atoms with E-state index in [0.717, 1.165) is 26.1 Å². The van der Waals surface area contributed by atoms with E-state index >= 15 is 0 Å². The maximum atomic E-state index is 11.2. The van der Waals surface area contributed by atoms with Gasteiger partial charge in [0.2, 0.25) is 0 Å². The van der Waals surface area contributed by atoms with Crippen LogP contribution in [0.1, 0.15) is 104 Å². The van der Waals surface area contributed by atoms with E-state index in [1.165, 1.54) is 77.0 Å². The molecule has 0 aliphatic heterocycles. The molecule has 0 radical (unpaired) electrons. The van der Waals surface area contributed by atoms with Gasteiger partial charge in [0.05, 0.1) is 4.92 Å². The molecule has 1 N–H and O–H groups in total. The van der Waals surface area contributed by atoms with E-state index in [0.29, 0.717) is 11.7 Å². The molecule has 1 rings (SSSR count). The lowest BCUT2D eigenvalue weighted by molar-refractivity contribution is -0.384. The minimum atomic E-state index is -0.310. The predicted molar refractivity (Wildman–Crippen MR) is 134 cm³/mol. The summed E-state index contributed by atoms with van der Waals surface area (Å²) in [5.41, 5.74) is 0.785. The molecule has 1 unspecified atom stereocenters. The lowest BCUT2D eigenvalue weighted by atomic mass is 10.0. The maximum Gasteiger partial charge on any atom is 0.292 e. The largest absolute Gasteiger partial charge is 0.379 e. The van der Waals surface area contributed by atoms with Crippen molar-refractivity contribution in [3.05, 3.63) is 34.4 Å². The van der Waals surface area contributed by atoms with E-state index in [1.54, 1.807) is 18.2 Å². The molecule has 31 heavy (non-hydrogen) atoms. The van der Waals surface area contributed by atoms with Crippen LogP contribution in [0.15, 0.2) is 24.3 Å². The van der Waals surface area contributed by atoms with Gasteiger partial charge < -0.3 is 10.2 Å². The number of nitro groups is 1. The van der Waals surface area contributed by atoms with E-state index in [2.05, 4.69) is 31.0 Å². The second-order valence-electron chi connectivity index (χ2n) is 8.69. The van der Waals surface area contributed by atoms with Crippen LogP contribution in [0.25, 0.3) is 0 Å². The summed E-state index contributed by atoms with van der Waals surface area (Å²) in [4.78, 5) is 13.4. The maximum absolute atomic E-state index is 11.2. The van der Waals surface area contributed by atoms with Gasteiger partial charge in [0.15, 0.2) is 0 Å². The lowest BCUT2D eigenvalue weighted by Gasteiger charge is -2.30. The van der Waals surface area contributed by atoms with E-state index in [-0.39, 0.29) is 10.6 Å². The molecule has 0 heterocycles. The first-order valence-corrected chi connectivity index (χ1v) is 12.8. The lowest BCUT2D eigenvalue weighted by Crippen LogP contribution is -2.36. The zero-order chi connectivity index (χ0) is 22.7. The predicted octanol–water partition coefficient (Wildman–Crippen LogP) is 7.81. The molecule has 0 saturated carbocycles. The average molecular weight is 434 g/mol. The first kappa shape index (κ1) is 27.4. The van der Waals surface area contributed by atoms with Crippen molar-refractivity contribution in [2.45, 2.75) is 110 Å². The van der Waals surface area contributed by atoms with Crippen molar-refractivity contribution >= 4 is 11.4 Å². The minimum absolute atomic E-state index is 0.159. The highest BCUT2D eigenvalue weighted by atomic mass is 16.6. The van der Waals surface area contributed by atoms with Crippen molar-refractivity contribution in [2.24, 2.45) is 0 Å². The highest BCUT2D eigenvalue weighted by Crippen LogP contribution is 2.23. The summed E-state index contributed by atoms with van der Waals surface area (Å²) >= 11 is 0. The first-order chi connectivity index (χ1) is 15.1. The molecular weight excluding hydrogens is 386 g/mol. The van der Waals surface area contributed by atoms with Crippen molar-refractivity contribution < 1.29 is 4.92 Å². The van der Waals surface area contributed by atoms with Crippen LogP contribution in [-0.4, -0.2) is 35.5 Å². The van der Waals surface area contributed by atoms with Gasteiger partial charge in [-0.1, -0.05) is 104 Å². The summed E-state index contributed by atoms with van der Waals surface area (Å²) in [6.07, 6.45) is 17.3. The molecule has 0 saturated heterocycles. The van der Waals surface area contributed by atoms with Crippen LogP contribution in [0.5, 0.6) is 0 Å². The third-order valence-corrected chi connectivity index (χ3v) is 6.36. The van der Waals surface area contributed by atoms with E-state index < -0.39 is 0 Å². The Labute approximate surface area is 191 Å². The number of nitrogens with one attached hydrogen (secondary N) is 1. The molecule has 0 bridgehead atoms. The van der Waals surface area contributed by atoms with Gasteiger partial charge >= 0.3 is 0 Å². The van der Waals surface area contributed by atoms with Crippen molar-refractivity contribution in [2.75, 3.05) is 25.0 Å². The molecule has 0 spiro atoms. The van der Waals surface area contributed by atoms with Gasteiger partial charge in [0.1, 0.15) is 5.69 Å². The smallest absolute Gasteiger partial charge is 0.292 e. The standard InChI is InChI=1S/C26H47N3O2/c1-4-7-8-9-10-11-12-13-14-15-16-19-24(28(5-2)6-3)22-23-27-25-20-17-18-21-26(25)29(30)31/h17-18,20-21,24,27H,4-16,19,22-23H2,1-3H3. The van der Waals surface area contributed by atoms with Crippen LogP contribution in [0.4, 0.5) is 11.4 Å². The number of rotatable bonds is 20. The molecule has 178 valence electrons. The Kier molecular flexibility index (Phi) is 15.9. The number of anilines is 1. The molecule has 5 heteroatoms. The van der Waals surface area contributed by atoms with Gasteiger partial charge in [-0.2, -0.15) is 0 Å². The SMILES string of the molecule is CCCCCCCCCCCCCC(CCNc1ccccc1[N+](=O)[O-])N(CC)CC. The van der Waals surface area contributed by atoms with Crippen molar-refractivity contribution in [3.8, 4) is 0 Å². The Balaban J connectivity index is 2.28. The number of benzene rings is 1. The number of hydrogen-bond donors (Lipinski definition) is 1. The zero-order valence-corrected chi connectivity index (χ0v) is 20.4. The average Bonchev–Trinajstić information content (AvgIpc) is 2.78. The second kappa shape index (κ2) is 18.0. The number of hydrogen-bond acceptors (Lipinski definition) is 4. The fourth-order valence-electron chi connectivity index (χ4n) is 4.45. The Morgan fingerprint density at radius 1 is 0.839 bits per heavy atom. The molecule has 1 atom stereocenters. The summed E-state index contributed by atoms with van der Waals surface area (Å²) in [5, 5.41) is 14.5. The fourth-order valence-corrected chi connectivity index (χ4v) is 4.45. The number of unbranched alkanes of at least 4 members (excludes halogenated alkanes) is 10. The highest BCUT2D eigenvalue weighted by Gasteiger charge is 2.16. The number of para-hydroxylation sites is 2. The van der Waals surface area contributed by atoms with E-state index in [4.69, 9.17) is 0 Å². The van der Waals surface area contributed by atoms with Crippen LogP contribution in [-0.2, 0) is 0 Å².